The van der Waals surface area contributed by atoms with E-state index in [0.717, 1.165) is 11.0 Å². The van der Waals surface area contributed by atoms with E-state index in [4.69, 9.17) is 10.8 Å². The molecule has 0 saturated heterocycles. The van der Waals surface area contributed by atoms with E-state index in [9.17, 15) is 14.4 Å². The third kappa shape index (κ3) is 3.17. The molecule has 18 heavy (non-hydrogen) atoms. The van der Waals surface area contributed by atoms with Gasteiger partial charge in [-0.3, -0.25) is 9.59 Å². The molecular weight excluding hydrogens is 256 g/mol. The van der Waals surface area contributed by atoms with Crippen LogP contribution in [0, 0.1) is 13.8 Å². The fourth-order valence-electron chi connectivity index (χ4n) is 1.31. The van der Waals surface area contributed by atoms with Gasteiger partial charge in [0.2, 0.25) is 5.91 Å². The zero-order valence-electron chi connectivity index (χ0n) is 9.81. The summed E-state index contributed by atoms with van der Waals surface area (Å²) in [6.45, 7) is 3.53. The molecule has 0 aromatic carbocycles. The number of aliphatic carboxylic acids is 1. The van der Waals surface area contributed by atoms with Crippen molar-refractivity contribution in [3.8, 4) is 0 Å². The number of primary amides is 1. The second-order valence-corrected chi connectivity index (χ2v) is 4.74. The number of rotatable bonds is 4. The van der Waals surface area contributed by atoms with E-state index in [-0.39, 0.29) is 5.56 Å². The van der Waals surface area contributed by atoms with E-state index in [0.29, 0.717) is 16.6 Å². The number of aryl methyl sites for hydroxylation is 1. The van der Waals surface area contributed by atoms with Crippen LogP contribution in [0.5, 0.6) is 0 Å². The summed E-state index contributed by atoms with van der Waals surface area (Å²) in [6, 6.07) is 0. The quantitative estimate of drug-likeness (QED) is 0.709. The molecule has 1 aromatic rings. The standard InChI is InChI=1S/C11H12N2O4S/c1-5-6(2)18-11(9(5)10(12)17)13-7(14)3-4-8(15)16/h3-4H,1-2H3,(H2,12,17)(H,13,14)(H,15,16). The molecule has 0 bridgehead atoms. The van der Waals surface area contributed by atoms with Gasteiger partial charge in [0.05, 0.1) is 5.56 Å². The van der Waals surface area contributed by atoms with Gasteiger partial charge in [-0.25, -0.2) is 4.79 Å². The van der Waals surface area contributed by atoms with Crippen molar-refractivity contribution >= 4 is 34.1 Å². The Morgan fingerprint density at radius 3 is 2.39 bits per heavy atom. The zero-order chi connectivity index (χ0) is 13.9. The number of hydrogen-bond acceptors (Lipinski definition) is 4. The van der Waals surface area contributed by atoms with E-state index in [2.05, 4.69) is 5.32 Å². The Balaban J connectivity index is 2.98. The van der Waals surface area contributed by atoms with Gasteiger partial charge in [0.15, 0.2) is 0 Å². The molecule has 0 aliphatic heterocycles. The Labute approximate surface area is 107 Å². The molecule has 4 N–H and O–H groups in total. The van der Waals surface area contributed by atoms with Crippen molar-refractivity contribution in [2.75, 3.05) is 5.32 Å². The minimum absolute atomic E-state index is 0.259. The maximum atomic E-state index is 11.4. The molecule has 0 radical (unpaired) electrons. The zero-order valence-corrected chi connectivity index (χ0v) is 10.6. The highest BCUT2D eigenvalue weighted by Crippen LogP contribution is 2.31. The third-order valence-electron chi connectivity index (χ3n) is 2.25. The van der Waals surface area contributed by atoms with E-state index in [1.165, 1.54) is 11.3 Å². The average Bonchev–Trinajstić information content (AvgIpc) is 2.51. The van der Waals surface area contributed by atoms with Gasteiger partial charge < -0.3 is 16.2 Å². The molecule has 7 heteroatoms. The first-order valence-corrected chi connectivity index (χ1v) is 5.76. The molecule has 0 unspecified atom stereocenters. The number of amides is 2. The summed E-state index contributed by atoms with van der Waals surface area (Å²) < 4.78 is 0. The van der Waals surface area contributed by atoms with Gasteiger partial charge in [0.1, 0.15) is 5.00 Å². The van der Waals surface area contributed by atoms with Crippen molar-refractivity contribution in [3.05, 3.63) is 28.2 Å². The fraction of sp³-hybridized carbons (Fsp3) is 0.182. The molecule has 6 nitrogen and oxygen atoms in total. The lowest BCUT2D eigenvalue weighted by molar-refractivity contribution is -0.131. The molecule has 0 saturated carbocycles. The largest absolute Gasteiger partial charge is 0.478 e. The smallest absolute Gasteiger partial charge is 0.328 e. The first-order chi connectivity index (χ1) is 8.32. The molecule has 0 aliphatic rings. The van der Waals surface area contributed by atoms with Crippen molar-refractivity contribution in [1.29, 1.82) is 0 Å². The van der Waals surface area contributed by atoms with E-state index < -0.39 is 17.8 Å². The third-order valence-corrected chi connectivity index (χ3v) is 3.37. The number of carboxylic acid groups (broad SMARTS) is 1. The van der Waals surface area contributed by atoms with Crippen molar-refractivity contribution < 1.29 is 19.5 Å². The normalized spacial score (nSPS) is 10.6. The maximum absolute atomic E-state index is 11.4. The van der Waals surface area contributed by atoms with E-state index in [1.54, 1.807) is 13.8 Å². The number of carboxylic acids is 1. The predicted octanol–water partition coefficient (Wildman–Crippen LogP) is 1.04. The first-order valence-electron chi connectivity index (χ1n) is 4.94. The highest BCUT2D eigenvalue weighted by atomic mass is 32.1. The summed E-state index contributed by atoms with van der Waals surface area (Å²) >= 11 is 1.22. The van der Waals surface area contributed by atoms with Crippen molar-refractivity contribution in [2.45, 2.75) is 13.8 Å². The average molecular weight is 268 g/mol. The monoisotopic (exact) mass is 268 g/mol. The minimum Gasteiger partial charge on any atom is -0.478 e. The van der Waals surface area contributed by atoms with Gasteiger partial charge in [-0.15, -0.1) is 11.3 Å². The minimum atomic E-state index is -1.22. The van der Waals surface area contributed by atoms with E-state index >= 15 is 0 Å². The highest BCUT2D eigenvalue weighted by molar-refractivity contribution is 7.16. The number of nitrogens with one attached hydrogen (secondary N) is 1. The summed E-state index contributed by atoms with van der Waals surface area (Å²) in [7, 11) is 0. The van der Waals surface area contributed by atoms with Gasteiger partial charge in [0, 0.05) is 17.0 Å². The second kappa shape index (κ2) is 5.46. The number of thiophene rings is 1. The molecular formula is C11H12N2O4S. The van der Waals surface area contributed by atoms with Gasteiger partial charge in [0.25, 0.3) is 5.91 Å². The van der Waals surface area contributed by atoms with E-state index in [1.807, 2.05) is 0 Å². The molecule has 1 aromatic heterocycles. The lowest BCUT2D eigenvalue weighted by Gasteiger charge is -2.01. The second-order valence-electron chi connectivity index (χ2n) is 3.51. The van der Waals surface area contributed by atoms with Crippen LogP contribution in [0.1, 0.15) is 20.8 Å². The summed E-state index contributed by atoms with van der Waals surface area (Å²) in [6.07, 6.45) is 1.59. The fourth-order valence-corrected chi connectivity index (χ4v) is 2.38. The molecule has 0 atom stereocenters. The van der Waals surface area contributed by atoms with Crippen LogP contribution in [0.15, 0.2) is 12.2 Å². The Morgan fingerprint density at radius 1 is 1.28 bits per heavy atom. The Kier molecular flexibility index (Phi) is 4.22. The number of anilines is 1. The van der Waals surface area contributed by atoms with Crippen molar-refractivity contribution in [2.24, 2.45) is 5.73 Å². The number of carbonyl (C=O) groups is 3. The van der Waals surface area contributed by atoms with Crippen LogP contribution in [0.2, 0.25) is 0 Å². The van der Waals surface area contributed by atoms with Crippen LogP contribution in [0.25, 0.3) is 0 Å². The summed E-state index contributed by atoms with van der Waals surface area (Å²) in [5.41, 5.74) is 6.20. The highest BCUT2D eigenvalue weighted by Gasteiger charge is 2.18. The van der Waals surface area contributed by atoms with Crippen LogP contribution < -0.4 is 11.1 Å². The van der Waals surface area contributed by atoms with Crippen molar-refractivity contribution in [3.63, 3.8) is 0 Å². The number of hydrogen-bond donors (Lipinski definition) is 3. The number of carbonyl (C=O) groups excluding carboxylic acids is 2. The van der Waals surface area contributed by atoms with Gasteiger partial charge in [-0.05, 0) is 19.4 Å². The van der Waals surface area contributed by atoms with Crippen LogP contribution in [-0.4, -0.2) is 22.9 Å². The van der Waals surface area contributed by atoms with Crippen LogP contribution in [0.4, 0.5) is 5.00 Å². The van der Waals surface area contributed by atoms with Crippen LogP contribution in [-0.2, 0) is 9.59 Å². The topological polar surface area (TPSA) is 109 Å². The Hall–Kier alpha value is -2.15. The van der Waals surface area contributed by atoms with Gasteiger partial charge >= 0.3 is 5.97 Å². The van der Waals surface area contributed by atoms with Crippen molar-refractivity contribution in [1.82, 2.24) is 0 Å². The lowest BCUT2D eigenvalue weighted by atomic mass is 10.1. The molecule has 0 aliphatic carbocycles. The summed E-state index contributed by atoms with van der Waals surface area (Å²) in [5, 5.41) is 11.1. The molecule has 0 spiro atoms. The molecule has 2 amide bonds. The first kappa shape index (κ1) is 13.9. The van der Waals surface area contributed by atoms with Crippen LogP contribution >= 0.6 is 11.3 Å². The molecule has 0 fully saturated rings. The predicted molar refractivity (Wildman–Crippen MR) is 67.7 cm³/mol. The maximum Gasteiger partial charge on any atom is 0.328 e. The SMILES string of the molecule is Cc1sc(NC(=O)C=CC(=O)O)c(C(N)=O)c1C. The molecule has 1 rings (SSSR count). The van der Waals surface area contributed by atoms with Gasteiger partial charge in [-0.2, -0.15) is 0 Å². The summed E-state index contributed by atoms with van der Waals surface area (Å²) in [4.78, 5) is 33.8. The number of nitrogens with two attached hydrogens (primary N) is 1. The Morgan fingerprint density at radius 2 is 1.89 bits per heavy atom. The summed E-state index contributed by atoms with van der Waals surface area (Å²) in [5.74, 6) is -2.48. The van der Waals surface area contributed by atoms with Crippen LogP contribution in [0.3, 0.4) is 0 Å². The Bertz CT molecular complexity index is 545. The lowest BCUT2D eigenvalue weighted by Crippen LogP contribution is -2.16. The molecule has 1 heterocycles. The van der Waals surface area contributed by atoms with Gasteiger partial charge in [-0.1, -0.05) is 0 Å². The molecule has 96 valence electrons.